The van der Waals surface area contributed by atoms with E-state index in [0.717, 1.165) is 24.3 Å². The molecule has 0 spiro atoms. The Morgan fingerprint density at radius 3 is 2.53 bits per heavy atom. The summed E-state index contributed by atoms with van der Waals surface area (Å²) in [5.74, 6) is -3.44. The highest BCUT2D eigenvalue weighted by Crippen LogP contribution is 2.28. The standard InChI is InChI=1S/C18H20F4N4O4/c1-9(2)16-23-12(7-15(27)25-26-16)17(28)24-13(8-29-3)10-4-5-14(11(19)6-10)30-18(20,21)22/h4-7,9,13H,8H2,1-3H3,(H,23,26)(H,24,28)(H,25,27)/t13-/m1/s1. The molecule has 30 heavy (non-hydrogen) atoms. The van der Waals surface area contributed by atoms with Crippen LogP contribution < -0.4 is 20.9 Å². The molecular formula is C18H20F4N4O4. The number of amidine groups is 1. The van der Waals surface area contributed by atoms with E-state index in [9.17, 15) is 27.2 Å². The Kier molecular flexibility index (Phi) is 7.38. The van der Waals surface area contributed by atoms with Crippen molar-refractivity contribution in [1.82, 2.24) is 16.2 Å². The van der Waals surface area contributed by atoms with Crippen LogP contribution in [-0.2, 0) is 14.3 Å². The highest BCUT2D eigenvalue weighted by Gasteiger charge is 2.32. The third-order valence-electron chi connectivity index (χ3n) is 3.82. The van der Waals surface area contributed by atoms with Crippen LogP contribution in [0.5, 0.6) is 5.75 Å². The van der Waals surface area contributed by atoms with E-state index >= 15 is 0 Å². The van der Waals surface area contributed by atoms with Gasteiger partial charge in [0.1, 0.15) is 11.5 Å². The van der Waals surface area contributed by atoms with E-state index in [2.05, 4.69) is 25.9 Å². The minimum Gasteiger partial charge on any atom is -0.403 e. The molecule has 1 aliphatic rings. The summed E-state index contributed by atoms with van der Waals surface area (Å²) in [6.07, 6.45) is -4.07. The lowest BCUT2D eigenvalue weighted by atomic mass is 10.1. The van der Waals surface area contributed by atoms with Gasteiger partial charge in [0.05, 0.1) is 12.6 Å². The molecule has 1 aliphatic heterocycles. The number of alkyl halides is 3. The van der Waals surface area contributed by atoms with Gasteiger partial charge in [0.25, 0.3) is 11.8 Å². The third kappa shape index (κ3) is 6.44. The molecule has 0 saturated carbocycles. The number of nitrogens with zero attached hydrogens (tertiary/aromatic N) is 1. The molecule has 164 valence electrons. The summed E-state index contributed by atoms with van der Waals surface area (Å²) >= 11 is 0. The van der Waals surface area contributed by atoms with Gasteiger partial charge in [-0.3, -0.25) is 20.4 Å². The average Bonchev–Trinajstić information content (AvgIpc) is 2.84. The number of hydrogen-bond acceptors (Lipinski definition) is 6. The minimum absolute atomic E-state index is 0.122. The number of ether oxygens (including phenoxy) is 2. The van der Waals surface area contributed by atoms with Crippen molar-refractivity contribution in [2.75, 3.05) is 13.7 Å². The van der Waals surface area contributed by atoms with Crippen LogP contribution in [0.1, 0.15) is 25.5 Å². The van der Waals surface area contributed by atoms with Crippen molar-refractivity contribution in [3.63, 3.8) is 0 Å². The minimum atomic E-state index is -5.05. The van der Waals surface area contributed by atoms with E-state index in [0.29, 0.717) is 5.84 Å². The second-order valence-corrected chi connectivity index (χ2v) is 6.51. The molecular weight excluding hydrogens is 412 g/mol. The number of carbonyl (C=O) groups excluding carboxylic acids is 2. The third-order valence-corrected chi connectivity index (χ3v) is 3.82. The summed E-state index contributed by atoms with van der Waals surface area (Å²) in [5, 5.41) is 2.53. The molecule has 0 aliphatic carbocycles. The Labute approximate surface area is 169 Å². The highest BCUT2D eigenvalue weighted by atomic mass is 19.4. The number of hydrazine groups is 1. The Hall–Kier alpha value is -3.15. The summed E-state index contributed by atoms with van der Waals surface area (Å²) < 4.78 is 59.6. The lowest BCUT2D eigenvalue weighted by molar-refractivity contribution is -0.275. The smallest absolute Gasteiger partial charge is 0.403 e. The number of amides is 2. The quantitative estimate of drug-likeness (QED) is 0.573. The van der Waals surface area contributed by atoms with Crippen LogP contribution in [-0.4, -0.2) is 37.7 Å². The Morgan fingerprint density at radius 1 is 1.27 bits per heavy atom. The topological polar surface area (TPSA) is 101 Å². The van der Waals surface area contributed by atoms with Crippen LogP contribution in [0.15, 0.2) is 35.0 Å². The van der Waals surface area contributed by atoms with E-state index in [1.54, 1.807) is 13.8 Å². The Balaban J connectivity index is 2.26. The number of nitrogens with one attached hydrogen (secondary N) is 3. The maximum Gasteiger partial charge on any atom is 0.573 e. The summed E-state index contributed by atoms with van der Waals surface area (Å²) in [6.45, 7) is 3.46. The molecule has 12 heteroatoms. The Bertz CT molecular complexity index is 868. The van der Waals surface area contributed by atoms with Crippen LogP contribution in [0.25, 0.3) is 0 Å². The normalized spacial score (nSPS) is 15.4. The van der Waals surface area contributed by atoms with Crippen molar-refractivity contribution in [2.24, 2.45) is 10.9 Å². The molecule has 0 saturated heterocycles. The van der Waals surface area contributed by atoms with Gasteiger partial charge < -0.3 is 14.8 Å². The molecule has 8 nitrogen and oxygen atoms in total. The maximum absolute atomic E-state index is 14.0. The van der Waals surface area contributed by atoms with Gasteiger partial charge in [0.15, 0.2) is 11.6 Å². The van der Waals surface area contributed by atoms with Gasteiger partial charge in [0, 0.05) is 19.1 Å². The molecule has 0 bridgehead atoms. The zero-order valence-corrected chi connectivity index (χ0v) is 16.3. The van der Waals surface area contributed by atoms with Crippen LogP contribution >= 0.6 is 0 Å². The van der Waals surface area contributed by atoms with Gasteiger partial charge in [-0.05, 0) is 17.7 Å². The number of aliphatic imine (C=N–C) groups is 1. The fourth-order valence-corrected chi connectivity index (χ4v) is 2.43. The van der Waals surface area contributed by atoms with Gasteiger partial charge in [-0.2, -0.15) is 0 Å². The first kappa shape index (κ1) is 23.1. The molecule has 1 atom stereocenters. The van der Waals surface area contributed by atoms with E-state index in [-0.39, 0.29) is 23.8 Å². The Morgan fingerprint density at radius 2 is 1.97 bits per heavy atom. The first-order valence-electron chi connectivity index (χ1n) is 8.71. The van der Waals surface area contributed by atoms with Crippen LogP contribution in [0.4, 0.5) is 17.6 Å². The molecule has 0 aromatic heterocycles. The molecule has 2 rings (SSSR count). The summed E-state index contributed by atoms with van der Waals surface area (Å²) in [5.41, 5.74) is 4.86. The van der Waals surface area contributed by atoms with E-state index in [1.807, 2.05) is 0 Å². The van der Waals surface area contributed by atoms with Crippen molar-refractivity contribution in [2.45, 2.75) is 26.3 Å². The summed E-state index contributed by atoms with van der Waals surface area (Å²) in [4.78, 5) is 28.5. The molecule has 1 aromatic carbocycles. The van der Waals surface area contributed by atoms with Crippen LogP contribution in [0.3, 0.4) is 0 Å². The number of halogens is 4. The number of carbonyl (C=O) groups is 2. The lowest BCUT2D eigenvalue weighted by Crippen LogP contribution is -2.41. The van der Waals surface area contributed by atoms with Gasteiger partial charge >= 0.3 is 6.36 Å². The van der Waals surface area contributed by atoms with Crippen molar-refractivity contribution in [3.05, 3.63) is 41.4 Å². The number of rotatable bonds is 7. The predicted molar refractivity (Wildman–Crippen MR) is 97.5 cm³/mol. The highest BCUT2D eigenvalue weighted by molar-refractivity contribution is 6.05. The number of hydrogen-bond donors (Lipinski definition) is 3. The average molecular weight is 432 g/mol. The maximum atomic E-state index is 14.0. The lowest BCUT2D eigenvalue weighted by Gasteiger charge is -2.19. The second kappa shape index (κ2) is 9.57. The second-order valence-electron chi connectivity index (χ2n) is 6.51. The molecule has 1 aromatic rings. The van der Waals surface area contributed by atoms with Gasteiger partial charge in [-0.1, -0.05) is 19.9 Å². The monoisotopic (exact) mass is 432 g/mol. The zero-order chi connectivity index (χ0) is 22.5. The predicted octanol–water partition coefficient (Wildman–Crippen LogP) is 2.10. The number of benzene rings is 1. The van der Waals surface area contributed by atoms with Crippen LogP contribution in [0, 0.1) is 11.7 Å². The first-order chi connectivity index (χ1) is 14.0. The molecule has 1 heterocycles. The molecule has 3 N–H and O–H groups in total. The molecule has 2 amide bonds. The van der Waals surface area contributed by atoms with Crippen molar-refractivity contribution >= 4 is 17.6 Å². The van der Waals surface area contributed by atoms with Crippen molar-refractivity contribution in [1.29, 1.82) is 0 Å². The van der Waals surface area contributed by atoms with Gasteiger partial charge in [-0.15, -0.1) is 13.2 Å². The summed E-state index contributed by atoms with van der Waals surface area (Å²) in [7, 11) is 1.33. The fourth-order valence-electron chi connectivity index (χ4n) is 2.43. The van der Waals surface area contributed by atoms with Gasteiger partial charge in [-0.25, -0.2) is 9.38 Å². The van der Waals surface area contributed by atoms with Gasteiger partial charge in [0.2, 0.25) is 0 Å². The van der Waals surface area contributed by atoms with E-state index < -0.39 is 35.8 Å². The van der Waals surface area contributed by atoms with Crippen LogP contribution in [0.2, 0.25) is 0 Å². The SMILES string of the molecule is COC[C@@H](NC(=O)C1=CC(=O)NNC(C(C)C)=N1)c1ccc(OC(F)(F)F)c(F)c1. The zero-order valence-electron chi connectivity index (χ0n) is 16.3. The fraction of sp³-hybridized carbons (Fsp3) is 0.389. The largest absolute Gasteiger partial charge is 0.573 e. The van der Waals surface area contributed by atoms with E-state index in [4.69, 9.17) is 4.74 Å². The van der Waals surface area contributed by atoms with Crippen molar-refractivity contribution < 1.29 is 36.6 Å². The van der Waals surface area contributed by atoms with Crippen molar-refractivity contribution in [3.8, 4) is 5.75 Å². The first-order valence-corrected chi connectivity index (χ1v) is 8.71. The molecule has 0 fully saturated rings. The number of methoxy groups -OCH3 is 1. The summed E-state index contributed by atoms with van der Waals surface area (Å²) in [6, 6.07) is 1.82. The molecule has 0 radical (unpaired) electrons. The van der Waals surface area contributed by atoms with E-state index in [1.165, 1.54) is 7.11 Å². The molecule has 0 unspecified atom stereocenters.